The monoisotopic (exact) mass is 275 g/mol. The van der Waals surface area contributed by atoms with Crippen LogP contribution < -0.4 is 5.46 Å². The third-order valence-electron chi connectivity index (χ3n) is 4.13. The van der Waals surface area contributed by atoms with E-state index in [1.165, 1.54) is 5.56 Å². The van der Waals surface area contributed by atoms with Crippen molar-refractivity contribution in [2.75, 3.05) is 0 Å². The van der Waals surface area contributed by atoms with E-state index in [1.807, 2.05) is 0 Å². The number of hydrogen-bond acceptors (Lipinski definition) is 3. The van der Waals surface area contributed by atoms with Gasteiger partial charge in [0.25, 0.3) is 0 Å². The second-order valence-corrected chi connectivity index (χ2v) is 6.35. The highest BCUT2D eigenvalue weighted by Crippen LogP contribution is 2.36. The number of hydrogen-bond donors (Lipinski definition) is 0. The van der Waals surface area contributed by atoms with E-state index >= 15 is 0 Å². The summed E-state index contributed by atoms with van der Waals surface area (Å²) in [5, 5.41) is 0. The van der Waals surface area contributed by atoms with Gasteiger partial charge in [-0.3, -0.25) is 0 Å². The topological polar surface area (TPSA) is 27.7 Å². The van der Waals surface area contributed by atoms with E-state index < -0.39 is 0 Å². The molecule has 1 fully saturated rings. The smallest absolute Gasteiger partial charge is 0.414 e. The lowest BCUT2D eigenvalue weighted by Crippen LogP contribution is -2.41. The highest BCUT2D eigenvalue weighted by Gasteiger charge is 2.51. The lowest BCUT2D eigenvalue weighted by atomic mass is 9.78. The molecule has 0 spiro atoms. The van der Waals surface area contributed by atoms with E-state index in [-0.39, 0.29) is 18.3 Å². The molecule has 1 saturated heterocycles. The summed E-state index contributed by atoms with van der Waals surface area (Å²) in [6, 6.07) is 6.20. The molecular weight excluding hydrogens is 255 g/mol. The van der Waals surface area contributed by atoms with Gasteiger partial charge in [-0.1, -0.05) is 18.2 Å². The van der Waals surface area contributed by atoms with Crippen LogP contribution in [0.1, 0.15) is 38.8 Å². The quantitative estimate of drug-likeness (QED) is 0.788. The largest absolute Gasteiger partial charge is 0.494 e. The molecule has 1 aromatic carbocycles. The third-order valence-corrected chi connectivity index (χ3v) is 4.27. The van der Waals surface area contributed by atoms with Gasteiger partial charge in [0, 0.05) is 0 Å². The Hall–Kier alpha value is -0.618. The van der Waals surface area contributed by atoms with Crippen molar-refractivity contribution in [3.8, 4) is 0 Å². The van der Waals surface area contributed by atoms with Gasteiger partial charge in [-0.25, -0.2) is 0 Å². The van der Waals surface area contributed by atoms with E-state index in [1.54, 1.807) is 0 Å². The van der Waals surface area contributed by atoms with Crippen molar-refractivity contribution in [1.29, 1.82) is 0 Å². The maximum atomic E-state index is 6.05. The fourth-order valence-corrected chi connectivity index (χ4v) is 2.21. The average molecular weight is 275 g/mol. The molecule has 0 unspecified atom stereocenters. The van der Waals surface area contributed by atoms with Crippen molar-refractivity contribution in [3.05, 3.63) is 29.3 Å². The van der Waals surface area contributed by atoms with Gasteiger partial charge in [0.1, 0.15) is 0 Å². The molecule has 0 amide bonds. The van der Waals surface area contributed by atoms with Crippen molar-refractivity contribution in [2.24, 2.45) is 0 Å². The summed E-state index contributed by atoms with van der Waals surface area (Å²) >= 11 is 0. The molecule has 1 heterocycles. The first kappa shape index (κ1) is 14.8. The van der Waals surface area contributed by atoms with E-state index in [9.17, 15) is 0 Å². The highest BCUT2D eigenvalue weighted by molar-refractivity contribution is 6.62. The Morgan fingerprint density at radius 1 is 1.16 bits per heavy atom. The zero-order chi connectivity index (χ0) is 14.3. The molecule has 0 N–H and O–H groups in total. The molecule has 1 aliphatic rings. The fourth-order valence-electron chi connectivity index (χ4n) is 2.05. The minimum atomic E-state index is -0.320. The van der Waals surface area contributed by atoms with E-state index in [0.717, 1.165) is 11.0 Å². The standard InChI is InChI=1S/C14H20BO3Si/c1-10-6-7-12(8-11(10)9-16-19)15-17-13(2,3)14(4,5)18-15/h6-8H,9H2,1-5H3. The Labute approximate surface area is 119 Å². The van der Waals surface area contributed by atoms with Crippen LogP contribution in [0.3, 0.4) is 0 Å². The van der Waals surface area contributed by atoms with Crippen molar-refractivity contribution in [3.63, 3.8) is 0 Å². The van der Waals surface area contributed by atoms with Gasteiger partial charge in [-0.15, -0.1) is 0 Å². The molecule has 0 aliphatic carbocycles. The predicted octanol–water partition coefficient (Wildman–Crippen LogP) is 1.89. The highest BCUT2D eigenvalue weighted by atomic mass is 28.2. The van der Waals surface area contributed by atoms with Gasteiger partial charge in [0.2, 0.25) is 10.5 Å². The van der Waals surface area contributed by atoms with Crippen molar-refractivity contribution < 1.29 is 13.7 Å². The summed E-state index contributed by atoms with van der Waals surface area (Å²) in [6.07, 6.45) is 0. The molecule has 0 aromatic heterocycles. The molecule has 0 saturated carbocycles. The fraction of sp³-hybridized carbons (Fsp3) is 0.571. The van der Waals surface area contributed by atoms with Crippen LogP contribution in [-0.4, -0.2) is 28.8 Å². The SMILES string of the molecule is Cc1ccc(B2OC(C)(C)C(C)(C)O2)cc1CO[Si]. The summed E-state index contributed by atoms with van der Waals surface area (Å²) < 4.78 is 17.1. The van der Waals surface area contributed by atoms with Gasteiger partial charge in [-0.05, 0) is 51.2 Å². The molecule has 3 nitrogen and oxygen atoms in total. The third kappa shape index (κ3) is 2.79. The summed E-state index contributed by atoms with van der Waals surface area (Å²) in [6.45, 7) is 10.8. The molecule has 19 heavy (non-hydrogen) atoms. The van der Waals surface area contributed by atoms with Crippen molar-refractivity contribution in [2.45, 2.75) is 52.4 Å². The van der Waals surface area contributed by atoms with Crippen LogP contribution in [0.2, 0.25) is 0 Å². The molecule has 0 atom stereocenters. The normalized spacial score (nSPS) is 20.8. The van der Waals surface area contributed by atoms with Crippen LogP contribution in [0.4, 0.5) is 0 Å². The molecule has 101 valence electrons. The number of aryl methyl sites for hydroxylation is 1. The van der Waals surface area contributed by atoms with Crippen LogP contribution in [0.15, 0.2) is 18.2 Å². The Morgan fingerprint density at radius 2 is 1.74 bits per heavy atom. The van der Waals surface area contributed by atoms with E-state index in [4.69, 9.17) is 13.7 Å². The second kappa shape index (κ2) is 5.05. The first-order valence-electron chi connectivity index (χ1n) is 6.50. The first-order valence-corrected chi connectivity index (χ1v) is 6.91. The number of benzene rings is 1. The van der Waals surface area contributed by atoms with Crippen LogP contribution in [0.5, 0.6) is 0 Å². The number of rotatable bonds is 3. The van der Waals surface area contributed by atoms with Crippen molar-refractivity contribution >= 4 is 23.1 Å². The molecule has 1 aromatic rings. The van der Waals surface area contributed by atoms with Gasteiger partial charge >= 0.3 is 7.12 Å². The lowest BCUT2D eigenvalue weighted by molar-refractivity contribution is 0.00578. The Bertz CT molecular complexity index is 458. The average Bonchev–Trinajstić information content (AvgIpc) is 2.51. The van der Waals surface area contributed by atoms with Gasteiger partial charge in [0.05, 0.1) is 17.8 Å². The maximum Gasteiger partial charge on any atom is 0.494 e. The minimum absolute atomic E-state index is 0.311. The molecule has 2 rings (SSSR count). The van der Waals surface area contributed by atoms with E-state index in [0.29, 0.717) is 6.61 Å². The summed E-state index contributed by atoms with van der Waals surface area (Å²) in [5.74, 6) is 0. The summed E-state index contributed by atoms with van der Waals surface area (Å²) in [7, 11) is 2.73. The van der Waals surface area contributed by atoms with Crippen LogP contribution in [0, 0.1) is 6.92 Å². The van der Waals surface area contributed by atoms with Gasteiger partial charge < -0.3 is 13.7 Å². The molecule has 0 bridgehead atoms. The predicted molar refractivity (Wildman–Crippen MR) is 77.4 cm³/mol. The zero-order valence-corrected chi connectivity index (χ0v) is 13.2. The maximum absolute atomic E-state index is 6.05. The Morgan fingerprint density at radius 3 is 2.26 bits per heavy atom. The molecule has 5 heteroatoms. The van der Waals surface area contributed by atoms with E-state index in [2.05, 4.69) is 63.3 Å². The van der Waals surface area contributed by atoms with Gasteiger partial charge in [0.15, 0.2) is 0 Å². The lowest BCUT2D eigenvalue weighted by Gasteiger charge is -2.32. The Balaban J connectivity index is 2.27. The molecule has 1 aliphatic heterocycles. The zero-order valence-electron chi connectivity index (χ0n) is 12.2. The minimum Gasteiger partial charge on any atom is -0.414 e. The van der Waals surface area contributed by atoms with Gasteiger partial charge in [-0.2, -0.15) is 0 Å². The molecule has 3 radical (unpaired) electrons. The Kier molecular flexibility index (Phi) is 3.93. The summed E-state index contributed by atoms with van der Waals surface area (Å²) in [5.41, 5.74) is 2.73. The molecular formula is C14H20BO3Si. The van der Waals surface area contributed by atoms with Crippen LogP contribution in [0.25, 0.3) is 0 Å². The van der Waals surface area contributed by atoms with Crippen LogP contribution >= 0.6 is 0 Å². The van der Waals surface area contributed by atoms with Crippen molar-refractivity contribution in [1.82, 2.24) is 0 Å². The summed E-state index contributed by atoms with van der Waals surface area (Å²) in [4.78, 5) is 0. The second-order valence-electron chi connectivity index (χ2n) is 6.06. The van der Waals surface area contributed by atoms with Crippen LogP contribution in [-0.2, 0) is 20.3 Å². The first-order chi connectivity index (χ1) is 8.77.